The molecule has 0 aliphatic carbocycles. The van der Waals surface area contributed by atoms with Crippen molar-refractivity contribution in [3.63, 3.8) is 0 Å². The molecule has 10 heteroatoms. The van der Waals surface area contributed by atoms with Gasteiger partial charge in [-0.2, -0.15) is 17.2 Å². The van der Waals surface area contributed by atoms with E-state index in [2.05, 4.69) is 4.74 Å². The van der Waals surface area contributed by atoms with Crippen LogP contribution in [0, 0.1) is 0 Å². The Morgan fingerprint density at radius 3 is 2.27 bits per heavy atom. The van der Waals surface area contributed by atoms with Gasteiger partial charge >= 0.3 is 21.3 Å². The smallest absolute Gasteiger partial charge is 0.457 e. The van der Waals surface area contributed by atoms with Crippen LogP contribution in [-0.4, -0.2) is 53.7 Å². The SMILES string of the molecule is O=C(OCC(O)CO)C(F)(F)S(=O)(=O)O. The predicted molar refractivity (Wildman–Crippen MR) is 40.5 cm³/mol. The minimum absolute atomic E-state index is 0.856. The summed E-state index contributed by atoms with van der Waals surface area (Å²) in [5.74, 6) is -2.53. The van der Waals surface area contributed by atoms with E-state index < -0.39 is 40.7 Å². The van der Waals surface area contributed by atoms with E-state index in [1.807, 2.05) is 0 Å². The highest BCUT2D eigenvalue weighted by Gasteiger charge is 2.54. The number of hydrogen-bond acceptors (Lipinski definition) is 6. The highest BCUT2D eigenvalue weighted by molar-refractivity contribution is 7.87. The standard InChI is InChI=1S/C5H8F2O7S/c6-5(7,15(11,12)13)4(10)14-2-3(9)1-8/h3,8-9H,1-2H2,(H,11,12,13). The summed E-state index contributed by atoms with van der Waals surface area (Å²) in [5.41, 5.74) is 0. The summed E-state index contributed by atoms with van der Waals surface area (Å²) in [6.45, 7) is -1.87. The van der Waals surface area contributed by atoms with E-state index in [-0.39, 0.29) is 0 Å². The second-order valence-corrected chi connectivity index (χ2v) is 3.89. The molecular formula is C5H8F2O7S. The Bertz CT molecular complexity index is 324. The van der Waals surface area contributed by atoms with Crippen LogP contribution in [0.5, 0.6) is 0 Å². The van der Waals surface area contributed by atoms with Crippen molar-refractivity contribution < 1.29 is 41.5 Å². The minimum atomic E-state index is -5.91. The topological polar surface area (TPSA) is 121 Å². The first kappa shape index (κ1) is 14.2. The number of alkyl halides is 2. The van der Waals surface area contributed by atoms with Gasteiger partial charge in [0.15, 0.2) is 0 Å². The van der Waals surface area contributed by atoms with Crippen molar-refractivity contribution in [1.29, 1.82) is 0 Å². The molecule has 1 atom stereocenters. The average molecular weight is 250 g/mol. The molecule has 0 fully saturated rings. The lowest BCUT2D eigenvalue weighted by molar-refractivity contribution is -0.165. The molecule has 0 aliphatic heterocycles. The zero-order chi connectivity index (χ0) is 12.3. The molecule has 0 saturated carbocycles. The van der Waals surface area contributed by atoms with E-state index in [1.165, 1.54) is 0 Å². The molecule has 0 bridgehead atoms. The highest BCUT2D eigenvalue weighted by atomic mass is 32.2. The summed E-state index contributed by atoms with van der Waals surface area (Å²) >= 11 is 0. The molecule has 0 heterocycles. The van der Waals surface area contributed by atoms with Crippen molar-refractivity contribution >= 4 is 16.1 Å². The lowest BCUT2D eigenvalue weighted by Crippen LogP contribution is -2.40. The van der Waals surface area contributed by atoms with Gasteiger partial charge in [0.25, 0.3) is 0 Å². The second kappa shape index (κ2) is 4.79. The first-order valence-corrected chi connectivity index (χ1v) is 4.88. The van der Waals surface area contributed by atoms with Gasteiger partial charge in [-0.05, 0) is 0 Å². The van der Waals surface area contributed by atoms with Crippen LogP contribution in [0.4, 0.5) is 8.78 Å². The zero-order valence-electron chi connectivity index (χ0n) is 7.13. The Kier molecular flexibility index (Phi) is 4.52. The van der Waals surface area contributed by atoms with Gasteiger partial charge in [0.2, 0.25) is 0 Å². The number of rotatable bonds is 5. The van der Waals surface area contributed by atoms with Crippen molar-refractivity contribution in [1.82, 2.24) is 0 Å². The van der Waals surface area contributed by atoms with E-state index in [1.54, 1.807) is 0 Å². The Balaban J connectivity index is 4.47. The molecule has 0 spiro atoms. The summed E-state index contributed by atoms with van der Waals surface area (Å²) in [6.07, 6.45) is -1.61. The molecule has 1 unspecified atom stereocenters. The van der Waals surface area contributed by atoms with Gasteiger partial charge in [-0.3, -0.25) is 4.55 Å². The van der Waals surface area contributed by atoms with Gasteiger partial charge in [-0.25, -0.2) is 4.79 Å². The molecule has 0 radical (unpaired) electrons. The molecule has 7 nitrogen and oxygen atoms in total. The van der Waals surface area contributed by atoms with E-state index in [4.69, 9.17) is 14.8 Å². The number of carbonyl (C=O) groups is 1. The van der Waals surface area contributed by atoms with Crippen LogP contribution in [0.2, 0.25) is 0 Å². The molecular weight excluding hydrogens is 242 g/mol. The minimum Gasteiger partial charge on any atom is -0.457 e. The Morgan fingerprint density at radius 1 is 1.47 bits per heavy atom. The lowest BCUT2D eigenvalue weighted by Gasteiger charge is -2.13. The van der Waals surface area contributed by atoms with Crippen molar-refractivity contribution in [3.05, 3.63) is 0 Å². The molecule has 90 valence electrons. The summed E-state index contributed by atoms with van der Waals surface area (Å²) in [4.78, 5) is 10.4. The summed E-state index contributed by atoms with van der Waals surface area (Å²) < 4.78 is 56.4. The van der Waals surface area contributed by atoms with Gasteiger partial charge in [-0.15, -0.1) is 0 Å². The third-order valence-corrected chi connectivity index (χ3v) is 1.99. The summed E-state index contributed by atoms with van der Waals surface area (Å²) in [7, 11) is -5.91. The number of aliphatic hydroxyl groups is 2. The fraction of sp³-hybridized carbons (Fsp3) is 0.800. The number of hydrogen-bond donors (Lipinski definition) is 3. The molecule has 15 heavy (non-hydrogen) atoms. The van der Waals surface area contributed by atoms with Crippen LogP contribution in [-0.2, 0) is 19.6 Å². The van der Waals surface area contributed by atoms with E-state index in [0.29, 0.717) is 0 Å². The Morgan fingerprint density at radius 2 is 1.93 bits per heavy atom. The molecule has 3 N–H and O–H groups in total. The zero-order valence-corrected chi connectivity index (χ0v) is 7.95. The predicted octanol–water partition coefficient (Wildman–Crippen LogP) is -1.64. The first-order chi connectivity index (χ1) is 6.63. The van der Waals surface area contributed by atoms with Crippen molar-refractivity contribution in [2.45, 2.75) is 11.4 Å². The number of esters is 1. The quantitative estimate of drug-likeness (QED) is 0.395. The van der Waals surface area contributed by atoms with Crippen LogP contribution in [0.3, 0.4) is 0 Å². The third kappa shape index (κ3) is 3.66. The maximum absolute atomic E-state index is 12.4. The van der Waals surface area contributed by atoms with Crippen LogP contribution in [0.15, 0.2) is 0 Å². The van der Waals surface area contributed by atoms with Crippen LogP contribution in [0.25, 0.3) is 0 Å². The first-order valence-electron chi connectivity index (χ1n) is 3.44. The molecule has 0 aromatic rings. The van der Waals surface area contributed by atoms with Crippen molar-refractivity contribution in [2.75, 3.05) is 13.2 Å². The maximum atomic E-state index is 12.4. The molecule has 0 aromatic carbocycles. The number of aliphatic hydroxyl groups excluding tert-OH is 2. The third-order valence-electron chi connectivity index (χ3n) is 1.18. The fourth-order valence-electron chi connectivity index (χ4n) is 0.414. The number of carbonyl (C=O) groups excluding carboxylic acids is 1. The number of halogens is 2. The van der Waals surface area contributed by atoms with Crippen LogP contribution < -0.4 is 0 Å². The van der Waals surface area contributed by atoms with Gasteiger partial charge in [-0.1, -0.05) is 0 Å². The fourth-order valence-corrected chi connectivity index (χ4v) is 0.683. The highest BCUT2D eigenvalue weighted by Crippen LogP contribution is 2.22. The van der Waals surface area contributed by atoms with E-state index in [0.717, 1.165) is 0 Å². The molecule has 0 amide bonds. The average Bonchev–Trinajstić information content (AvgIpc) is 2.11. The molecule has 0 aliphatic rings. The maximum Gasteiger partial charge on any atom is 0.465 e. The summed E-state index contributed by atoms with van der Waals surface area (Å²) in [5, 5.41) is 11.7. The van der Waals surface area contributed by atoms with E-state index in [9.17, 15) is 22.0 Å². The van der Waals surface area contributed by atoms with Crippen molar-refractivity contribution in [2.24, 2.45) is 0 Å². The van der Waals surface area contributed by atoms with Crippen molar-refractivity contribution in [3.8, 4) is 0 Å². The molecule has 0 rings (SSSR count). The molecule has 0 saturated heterocycles. The van der Waals surface area contributed by atoms with E-state index >= 15 is 0 Å². The lowest BCUT2D eigenvalue weighted by atomic mass is 10.4. The van der Waals surface area contributed by atoms with Gasteiger partial charge in [0, 0.05) is 0 Å². The van der Waals surface area contributed by atoms with Crippen LogP contribution >= 0.6 is 0 Å². The summed E-state index contributed by atoms with van der Waals surface area (Å²) in [6, 6.07) is 0. The van der Waals surface area contributed by atoms with Gasteiger partial charge < -0.3 is 14.9 Å². The monoisotopic (exact) mass is 250 g/mol. The normalized spacial score (nSPS) is 14.7. The van der Waals surface area contributed by atoms with Gasteiger partial charge in [0.05, 0.1) is 6.61 Å². The second-order valence-electron chi connectivity index (χ2n) is 2.43. The Hall–Kier alpha value is -0.840. The Labute approximate surface area is 83.0 Å². The van der Waals surface area contributed by atoms with Crippen LogP contribution in [0.1, 0.15) is 0 Å². The molecule has 0 aromatic heterocycles. The van der Waals surface area contributed by atoms with Gasteiger partial charge in [0.1, 0.15) is 12.7 Å². The number of ether oxygens (including phenoxy) is 1. The largest absolute Gasteiger partial charge is 0.465 e.